The van der Waals surface area contributed by atoms with Crippen LogP contribution < -0.4 is 42.0 Å². The van der Waals surface area contributed by atoms with Crippen molar-refractivity contribution in [1.29, 1.82) is 0 Å². The number of para-hydroxylation sites is 1. The summed E-state index contributed by atoms with van der Waals surface area (Å²) in [5.41, 5.74) is 10.4. The predicted octanol–water partition coefficient (Wildman–Crippen LogP) is 10.3. The molecule has 3 aliphatic heterocycles. The Morgan fingerprint density at radius 1 is 0.393 bits per heavy atom. The predicted molar refractivity (Wildman–Crippen MR) is 265 cm³/mol. The summed E-state index contributed by atoms with van der Waals surface area (Å²) < 4.78 is 0. The van der Waals surface area contributed by atoms with E-state index in [0.717, 1.165) is 0 Å². The first-order valence-corrected chi connectivity index (χ1v) is 24.7. The van der Waals surface area contributed by atoms with Crippen molar-refractivity contribution in [2.75, 3.05) is 4.90 Å². The lowest BCUT2D eigenvalue weighted by molar-refractivity contribution is 1.27. The zero-order chi connectivity index (χ0) is 40.1. The Hall–Kier alpha value is -6.50. The van der Waals surface area contributed by atoms with E-state index in [4.69, 9.17) is 0 Å². The average Bonchev–Trinajstić information content (AvgIpc) is 3.32. The van der Waals surface area contributed by atoms with E-state index in [9.17, 15) is 0 Å². The van der Waals surface area contributed by atoms with E-state index in [2.05, 4.69) is 223 Å². The van der Waals surface area contributed by atoms with Crippen LogP contribution >= 0.6 is 23.5 Å². The summed E-state index contributed by atoms with van der Waals surface area (Å²) in [5.74, 6) is 0. The van der Waals surface area contributed by atoms with Crippen molar-refractivity contribution in [1.82, 2.24) is 0 Å². The molecule has 0 radical (unpaired) electrons. The Labute approximate surface area is 365 Å². The number of nitrogens with zero attached hydrogens (tertiary/aromatic N) is 1. The van der Waals surface area contributed by atoms with E-state index in [0.29, 0.717) is 0 Å². The van der Waals surface area contributed by atoms with E-state index in [1.54, 1.807) is 0 Å². The normalized spacial score (nSPS) is 14.2. The van der Waals surface area contributed by atoms with Crippen LogP contribution in [-0.4, -0.2) is 14.8 Å². The molecule has 0 N–H and O–H groups in total. The molecule has 0 aromatic heterocycles. The quantitative estimate of drug-likeness (QED) is 0.129. The molecule has 284 valence electrons. The number of rotatable bonds is 4. The highest BCUT2D eigenvalue weighted by molar-refractivity contribution is 8.01. The molecule has 0 spiro atoms. The summed E-state index contributed by atoms with van der Waals surface area (Å²) in [6.45, 7) is 0.206. The van der Waals surface area contributed by atoms with Gasteiger partial charge in [-0.05, 0) is 107 Å². The largest absolute Gasteiger partial charge is 0.311 e. The second-order valence-corrected chi connectivity index (χ2v) is 22.2. The average molecular weight is 826 g/mol. The molecule has 0 saturated heterocycles. The maximum atomic E-state index is 2.59. The Kier molecular flexibility index (Phi) is 7.96. The molecule has 3 heterocycles. The van der Waals surface area contributed by atoms with Gasteiger partial charge in [-0.25, -0.2) is 0 Å². The molecular weight excluding hydrogens is 790 g/mol. The molecular formula is C56H36BNS2Si. The monoisotopic (exact) mass is 825 g/mol. The summed E-state index contributed by atoms with van der Waals surface area (Å²) in [7, 11) is -2.86. The van der Waals surface area contributed by atoms with Gasteiger partial charge < -0.3 is 4.90 Å². The van der Waals surface area contributed by atoms with Crippen LogP contribution in [0.15, 0.2) is 238 Å². The molecule has 0 bridgehead atoms. The molecule has 10 aromatic rings. The van der Waals surface area contributed by atoms with Crippen molar-refractivity contribution >= 4 is 114 Å². The van der Waals surface area contributed by atoms with E-state index in [-0.39, 0.29) is 6.71 Å². The lowest BCUT2D eigenvalue weighted by Gasteiger charge is -2.45. The Morgan fingerprint density at radius 3 is 1.70 bits per heavy atom. The molecule has 5 heteroatoms. The summed E-state index contributed by atoms with van der Waals surface area (Å²) in [5, 5.41) is 10.6. The van der Waals surface area contributed by atoms with Crippen molar-refractivity contribution < 1.29 is 0 Å². The first kappa shape index (κ1) is 35.3. The SMILES string of the molecule is c1ccc([Si]2(c3ccccc3)c3ccccc3N(c3ccc4c(c3)Sc3cccc5c3B4c3ccccc3S5)c3cc(-c4c5ccccc5cc5ccccc45)ccc32)cc1. The van der Waals surface area contributed by atoms with Gasteiger partial charge in [-0.15, -0.1) is 0 Å². The highest BCUT2D eigenvalue weighted by atomic mass is 32.2. The van der Waals surface area contributed by atoms with Crippen molar-refractivity contribution in [3.8, 4) is 11.1 Å². The molecule has 0 atom stereocenters. The van der Waals surface area contributed by atoms with Gasteiger partial charge >= 0.3 is 0 Å². The first-order valence-electron chi connectivity index (χ1n) is 21.0. The number of hydrogen-bond donors (Lipinski definition) is 0. The highest BCUT2D eigenvalue weighted by Gasteiger charge is 2.49. The third-order valence-electron chi connectivity index (χ3n) is 13.2. The summed E-state index contributed by atoms with van der Waals surface area (Å²) >= 11 is 3.84. The lowest BCUT2D eigenvalue weighted by Crippen LogP contribution is -2.77. The fraction of sp³-hybridized carbons (Fsp3) is 0. The smallest absolute Gasteiger partial charge is 0.247 e. The van der Waals surface area contributed by atoms with Crippen molar-refractivity contribution in [3.05, 3.63) is 218 Å². The van der Waals surface area contributed by atoms with Gasteiger partial charge in [0.1, 0.15) is 0 Å². The molecule has 0 unspecified atom stereocenters. The molecule has 1 nitrogen and oxygen atoms in total. The minimum absolute atomic E-state index is 0.206. The summed E-state index contributed by atoms with van der Waals surface area (Å²) in [4.78, 5) is 8.01. The van der Waals surface area contributed by atoms with Crippen LogP contribution in [0.4, 0.5) is 17.1 Å². The molecule has 0 amide bonds. The van der Waals surface area contributed by atoms with E-state index < -0.39 is 8.07 Å². The topological polar surface area (TPSA) is 3.24 Å². The van der Waals surface area contributed by atoms with E-state index in [1.807, 2.05) is 23.5 Å². The van der Waals surface area contributed by atoms with Crippen LogP contribution in [-0.2, 0) is 0 Å². The number of hydrogen-bond acceptors (Lipinski definition) is 3. The fourth-order valence-electron chi connectivity index (χ4n) is 10.7. The number of benzene rings is 10. The van der Waals surface area contributed by atoms with Gasteiger partial charge in [-0.2, -0.15) is 0 Å². The Morgan fingerprint density at radius 2 is 0.967 bits per heavy atom. The van der Waals surface area contributed by atoms with Crippen LogP contribution in [0, 0.1) is 0 Å². The molecule has 13 rings (SSSR count). The molecule has 3 aliphatic rings. The second-order valence-electron chi connectivity index (χ2n) is 16.3. The standard InChI is InChI=1S/C56H36BNS2Si/c1-3-18-41(19-4-1)61(42-20-5-2-6-21-42)53-29-14-12-25-47(53)58(48-35-39(30-33-54(48)61)55-43-22-9-7-16-37(43)34-38-17-8-10-23-44(38)55)40-31-32-46-52(36-40)60-51-28-15-27-50-56(51)57(46)45-24-11-13-26-49(45)59-50/h1-36H. The van der Waals surface area contributed by atoms with Gasteiger partial charge in [0.05, 0.1) is 0 Å². The summed E-state index contributed by atoms with van der Waals surface area (Å²) in [6.07, 6.45) is 0. The van der Waals surface area contributed by atoms with Crippen LogP contribution in [0.3, 0.4) is 0 Å². The third-order valence-corrected chi connectivity index (χ3v) is 20.4. The first-order chi connectivity index (χ1) is 30.3. The van der Waals surface area contributed by atoms with Crippen LogP contribution in [0.5, 0.6) is 0 Å². The number of anilines is 3. The fourth-order valence-corrected chi connectivity index (χ4v) is 18.2. The molecule has 0 saturated carbocycles. The maximum Gasteiger partial charge on any atom is 0.247 e. The van der Waals surface area contributed by atoms with Gasteiger partial charge in [-0.1, -0.05) is 204 Å². The van der Waals surface area contributed by atoms with Crippen LogP contribution in [0.25, 0.3) is 32.7 Å². The Bertz CT molecular complexity index is 3310. The van der Waals surface area contributed by atoms with Gasteiger partial charge in [0.25, 0.3) is 0 Å². The third kappa shape index (κ3) is 5.18. The Balaban J connectivity index is 1.10. The molecule has 0 fully saturated rings. The maximum absolute atomic E-state index is 2.86. The zero-order valence-electron chi connectivity index (χ0n) is 33.1. The van der Waals surface area contributed by atoms with E-state index in [1.165, 1.54) is 106 Å². The number of fused-ring (bicyclic) bond motifs is 8. The highest BCUT2D eigenvalue weighted by Crippen LogP contribution is 2.45. The van der Waals surface area contributed by atoms with Crippen molar-refractivity contribution in [2.24, 2.45) is 0 Å². The second kappa shape index (κ2) is 13.8. The minimum Gasteiger partial charge on any atom is -0.311 e. The lowest BCUT2D eigenvalue weighted by atomic mass is 9.36. The molecule has 10 aromatic carbocycles. The molecule has 0 aliphatic carbocycles. The van der Waals surface area contributed by atoms with Gasteiger partial charge in [0, 0.05) is 36.6 Å². The van der Waals surface area contributed by atoms with Gasteiger partial charge in [0.2, 0.25) is 6.71 Å². The van der Waals surface area contributed by atoms with Gasteiger partial charge in [-0.3, -0.25) is 0 Å². The van der Waals surface area contributed by atoms with Crippen molar-refractivity contribution in [3.63, 3.8) is 0 Å². The van der Waals surface area contributed by atoms with E-state index >= 15 is 0 Å². The zero-order valence-corrected chi connectivity index (χ0v) is 35.8. The molecule has 61 heavy (non-hydrogen) atoms. The van der Waals surface area contributed by atoms with Gasteiger partial charge in [0.15, 0.2) is 8.07 Å². The van der Waals surface area contributed by atoms with Crippen molar-refractivity contribution in [2.45, 2.75) is 19.6 Å². The van der Waals surface area contributed by atoms with Crippen LogP contribution in [0.2, 0.25) is 0 Å². The minimum atomic E-state index is -2.86. The van der Waals surface area contributed by atoms with Crippen LogP contribution in [0.1, 0.15) is 0 Å². The summed E-state index contributed by atoms with van der Waals surface area (Å²) in [6, 6.07) is 82.8.